The molecule has 1 aromatic heterocycles. The molecule has 0 amide bonds. The van der Waals surface area contributed by atoms with Crippen LogP contribution in [0.4, 0.5) is 0 Å². The summed E-state index contributed by atoms with van der Waals surface area (Å²) in [6.07, 6.45) is 10.0. The van der Waals surface area contributed by atoms with Crippen molar-refractivity contribution in [2.45, 2.75) is 70.8 Å². The standard InChI is InChI=1S/C17H30N2OS/c1-4-5-8-11-17(2,18-12-13-20-3)16-19-14-9-6-7-10-15(14)21-16/h18H,4-13H2,1-3H3. The van der Waals surface area contributed by atoms with Gasteiger partial charge in [0.1, 0.15) is 5.01 Å². The molecule has 3 nitrogen and oxygen atoms in total. The number of unbranched alkanes of at least 4 members (excludes halogenated alkanes) is 2. The Balaban J connectivity index is 2.10. The maximum atomic E-state index is 5.20. The molecule has 0 aromatic carbocycles. The first-order chi connectivity index (χ1) is 10.2. The summed E-state index contributed by atoms with van der Waals surface area (Å²) < 4.78 is 5.20. The van der Waals surface area contributed by atoms with Crippen LogP contribution in [0.15, 0.2) is 0 Å². The van der Waals surface area contributed by atoms with E-state index in [0.29, 0.717) is 0 Å². The van der Waals surface area contributed by atoms with E-state index in [4.69, 9.17) is 9.72 Å². The Morgan fingerprint density at radius 3 is 2.81 bits per heavy atom. The smallest absolute Gasteiger partial charge is 0.113 e. The Hall–Kier alpha value is -0.450. The van der Waals surface area contributed by atoms with E-state index in [2.05, 4.69) is 19.2 Å². The zero-order valence-electron chi connectivity index (χ0n) is 13.8. The molecule has 21 heavy (non-hydrogen) atoms. The lowest BCUT2D eigenvalue weighted by atomic mass is 9.94. The summed E-state index contributed by atoms with van der Waals surface area (Å²) in [5.41, 5.74) is 1.38. The van der Waals surface area contributed by atoms with Gasteiger partial charge >= 0.3 is 0 Å². The first kappa shape index (κ1) is 16.9. The number of nitrogens with one attached hydrogen (secondary N) is 1. The van der Waals surface area contributed by atoms with Gasteiger partial charge in [-0.05, 0) is 39.0 Å². The van der Waals surface area contributed by atoms with Gasteiger partial charge < -0.3 is 10.1 Å². The molecule has 0 saturated carbocycles. The highest BCUT2D eigenvalue weighted by Gasteiger charge is 2.30. The van der Waals surface area contributed by atoms with Gasteiger partial charge in [-0.3, -0.25) is 0 Å². The molecular formula is C17H30N2OS. The molecule has 0 aliphatic heterocycles. The average Bonchev–Trinajstić information content (AvgIpc) is 2.92. The zero-order chi connectivity index (χ0) is 15.1. The fourth-order valence-corrected chi connectivity index (χ4v) is 4.32. The molecule has 0 fully saturated rings. The van der Waals surface area contributed by atoms with E-state index in [1.165, 1.54) is 60.5 Å². The minimum absolute atomic E-state index is 0.00963. The third-order valence-corrected chi connectivity index (χ3v) is 5.84. The van der Waals surface area contributed by atoms with Crippen molar-refractivity contribution in [1.82, 2.24) is 10.3 Å². The van der Waals surface area contributed by atoms with Crippen LogP contribution in [0.3, 0.4) is 0 Å². The quantitative estimate of drug-likeness (QED) is 0.699. The molecule has 0 bridgehead atoms. The molecule has 2 rings (SSSR count). The number of aryl methyl sites for hydroxylation is 2. The minimum Gasteiger partial charge on any atom is -0.383 e. The Kier molecular flexibility index (Phi) is 6.65. The highest BCUT2D eigenvalue weighted by atomic mass is 32.1. The summed E-state index contributed by atoms with van der Waals surface area (Å²) in [5, 5.41) is 5.00. The van der Waals surface area contributed by atoms with Crippen molar-refractivity contribution in [3.05, 3.63) is 15.6 Å². The summed E-state index contributed by atoms with van der Waals surface area (Å²) in [6, 6.07) is 0. The monoisotopic (exact) mass is 310 g/mol. The van der Waals surface area contributed by atoms with Gasteiger partial charge in [0.05, 0.1) is 17.8 Å². The van der Waals surface area contributed by atoms with Gasteiger partial charge in [-0.25, -0.2) is 4.98 Å². The molecule has 1 atom stereocenters. The molecule has 1 aliphatic carbocycles. The van der Waals surface area contributed by atoms with Crippen LogP contribution in [0.25, 0.3) is 0 Å². The van der Waals surface area contributed by atoms with Crippen LogP contribution in [0, 0.1) is 0 Å². The number of rotatable bonds is 9. The molecule has 1 aromatic rings. The van der Waals surface area contributed by atoms with E-state index in [-0.39, 0.29) is 5.54 Å². The van der Waals surface area contributed by atoms with E-state index in [1.807, 2.05) is 11.3 Å². The molecule has 1 aliphatic rings. The lowest BCUT2D eigenvalue weighted by Crippen LogP contribution is -2.41. The van der Waals surface area contributed by atoms with E-state index in [1.54, 1.807) is 7.11 Å². The Morgan fingerprint density at radius 2 is 2.10 bits per heavy atom. The van der Waals surface area contributed by atoms with Crippen molar-refractivity contribution in [3.63, 3.8) is 0 Å². The predicted molar refractivity (Wildman–Crippen MR) is 90.1 cm³/mol. The first-order valence-corrected chi connectivity index (χ1v) is 9.24. The van der Waals surface area contributed by atoms with Gasteiger partial charge in [0.25, 0.3) is 0 Å². The van der Waals surface area contributed by atoms with Crippen LogP contribution < -0.4 is 5.32 Å². The summed E-state index contributed by atoms with van der Waals surface area (Å²) in [6.45, 7) is 6.23. The normalized spacial score (nSPS) is 17.5. The third kappa shape index (κ3) is 4.51. The van der Waals surface area contributed by atoms with Crippen molar-refractivity contribution in [2.75, 3.05) is 20.3 Å². The third-order valence-electron chi connectivity index (χ3n) is 4.42. The summed E-state index contributed by atoms with van der Waals surface area (Å²) >= 11 is 1.94. The number of ether oxygens (including phenoxy) is 1. The number of methoxy groups -OCH3 is 1. The number of hydrogen-bond donors (Lipinski definition) is 1. The summed E-state index contributed by atoms with van der Waals surface area (Å²) in [4.78, 5) is 6.53. The average molecular weight is 311 g/mol. The van der Waals surface area contributed by atoms with Gasteiger partial charge in [-0.2, -0.15) is 0 Å². The highest BCUT2D eigenvalue weighted by Crippen LogP contribution is 2.35. The van der Waals surface area contributed by atoms with Gasteiger partial charge in [0.15, 0.2) is 0 Å². The Bertz CT molecular complexity index is 397. The molecule has 0 spiro atoms. The lowest BCUT2D eigenvalue weighted by Gasteiger charge is -2.29. The fourth-order valence-electron chi connectivity index (χ4n) is 3.02. The van der Waals surface area contributed by atoms with Crippen molar-refractivity contribution in [2.24, 2.45) is 0 Å². The number of hydrogen-bond acceptors (Lipinski definition) is 4. The molecule has 0 radical (unpaired) electrons. The molecule has 4 heteroatoms. The van der Waals surface area contributed by atoms with Crippen LogP contribution in [0.1, 0.15) is 68.0 Å². The fraction of sp³-hybridized carbons (Fsp3) is 0.824. The van der Waals surface area contributed by atoms with Crippen LogP contribution in [-0.2, 0) is 23.1 Å². The number of aromatic nitrogens is 1. The number of fused-ring (bicyclic) bond motifs is 1. The zero-order valence-corrected chi connectivity index (χ0v) is 14.7. The van der Waals surface area contributed by atoms with E-state index in [9.17, 15) is 0 Å². The SMILES string of the molecule is CCCCCC(C)(NCCOC)c1nc2c(s1)CCCC2. The second-order valence-electron chi connectivity index (χ2n) is 6.30. The summed E-state index contributed by atoms with van der Waals surface area (Å²) in [5.74, 6) is 0. The Labute approximate surface area is 133 Å². The van der Waals surface area contributed by atoms with Crippen molar-refractivity contribution in [3.8, 4) is 0 Å². The maximum Gasteiger partial charge on any atom is 0.113 e. The second-order valence-corrected chi connectivity index (χ2v) is 7.39. The molecule has 0 saturated heterocycles. The highest BCUT2D eigenvalue weighted by molar-refractivity contribution is 7.11. The van der Waals surface area contributed by atoms with E-state index < -0.39 is 0 Å². The minimum atomic E-state index is 0.00963. The lowest BCUT2D eigenvalue weighted by molar-refractivity contribution is 0.183. The molecule has 1 N–H and O–H groups in total. The van der Waals surface area contributed by atoms with Crippen molar-refractivity contribution >= 4 is 11.3 Å². The molecule has 1 heterocycles. The van der Waals surface area contributed by atoms with Gasteiger partial charge in [-0.1, -0.05) is 26.2 Å². The van der Waals surface area contributed by atoms with Crippen LogP contribution >= 0.6 is 11.3 Å². The van der Waals surface area contributed by atoms with Crippen molar-refractivity contribution < 1.29 is 4.74 Å². The van der Waals surface area contributed by atoms with E-state index >= 15 is 0 Å². The van der Waals surface area contributed by atoms with Crippen molar-refractivity contribution in [1.29, 1.82) is 0 Å². The first-order valence-electron chi connectivity index (χ1n) is 8.42. The van der Waals surface area contributed by atoms with Gasteiger partial charge in [0.2, 0.25) is 0 Å². The molecule has 1 unspecified atom stereocenters. The summed E-state index contributed by atoms with van der Waals surface area (Å²) in [7, 11) is 1.76. The van der Waals surface area contributed by atoms with Crippen LogP contribution in [0.5, 0.6) is 0 Å². The maximum absolute atomic E-state index is 5.20. The van der Waals surface area contributed by atoms with E-state index in [0.717, 1.165) is 19.6 Å². The van der Waals surface area contributed by atoms with Gasteiger partial charge in [-0.15, -0.1) is 11.3 Å². The Morgan fingerprint density at radius 1 is 1.29 bits per heavy atom. The number of thiazole rings is 1. The second kappa shape index (κ2) is 8.25. The van der Waals surface area contributed by atoms with Crippen LogP contribution in [0.2, 0.25) is 0 Å². The predicted octanol–water partition coefficient (Wildman–Crippen LogP) is 4.05. The molecule has 120 valence electrons. The topological polar surface area (TPSA) is 34.1 Å². The van der Waals surface area contributed by atoms with Gasteiger partial charge in [0, 0.05) is 18.5 Å². The largest absolute Gasteiger partial charge is 0.383 e. The molecular weight excluding hydrogens is 280 g/mol. The van der Waals surface area contributed by atoms with Crippen LogP contribution in [-0.4, -0.2) is 25.2 Å². The number of nitrogens with zero attached hydrogens (tertiary/aromatic N) is 1.